The third-order valence-corrected chi connectivity index (χ3v) is 4.42. The Kier molecular flexibility index (Phi) is 3.16. The van der Waals surface area contributed by atoms with E-state index < -0.39 is 0 Å². The molecule has 3 heteroatoms. The highest BCUT2D eigenvalue weighted by Gasteiger charge is 2.37. The Morgan fingerprint density at radius 2 is 2.22 bits per heavy atom. The fourth-order valence-electron chi connectivity index (χ4n) is 3.62. The summed E-state index contributed by atoms with van der Waals surface area (Å²) in [6.07, 6.45) is 5.69. The second kappa shape index (κ2) is 4.81. The molecule has 0 saturated carbocycles. The highest BCUT2D eigenvalue weighted by molar-refractivity contribution is 5.63. The van der Waals surface area contributed by atoms with Gasteiger partial charge in [0.25, 0.3) is 0 Å². The van der Waals surface area contributed by atoms with Gasteiger partial charge >= 0.3 is 0 Å². The van der Waals surface area contributed by atoms with E-state index in [2.05, 4.69) is 23.1 Å². The Bertz CT molecular complexity index is 433. The Morgan fingerprint density at radius 3 is 3.00 bits per heavy atom. The second-order valence-electron chi connectivity index (χ2n) is 5.30. The van der Waals surface area contributed by atoms with Gasteiger partial charge in [0.2, 0.25) is 0 Å². The van der Waals surface area contributed by atoms with Gasteiger partial charge < -0.3 is 14.7 Å². The number of methoxy groups -OCH3 is 1. The Balaban J connectivity index is 1.98. The number of hydrogen-bond donors (Lipinski definition) is 1. The van der Waals surface area contributed by atoms with Gasteiger partial charge in [-0.2, -0.15) is 0 Å². The molecule has 1 N–H and O–H groups in total. The number of anilines is 1. The van der Waals surface area contributed by atoms with Crippen LogP contribution in [-0.4, -0.2) is 30.9 Å². The molecule has 0 bridgehead atoms. The average molecular weight is 247 g/mol. The average Bonchev–Trinajstić information content (AvgIpc) is 2.82. The van der Waals surface area contributed by atoms with Gasteiger partial charge in [-0.25, -0.2) is 0 Å². The van der Waals surface area contributed by atoms with Gasteiger partial charge in [0.1, 0.15) is 5.75 Å². The van der Waals surface area contributed by atoms with Crippen molar-refractivity contribution in [3.63, 3.8) is 0 Å². The van der Waals surface area contributed by atoms with Gasteiger partial charge in [0, 0.05) is 29.9 Å². The molecule has 0 aromatic heterocycles. The summed E-state index contributed by atoms with van der Waals surface area (Å²) < 4.78 is 5.48. The minimum Gasteiger partial charge on any atom is -0.496 e. The van der Waals surface area contributed by atoms with Crippen molar-refractivity contribution >= 4 is 5.69 Å². The summed E-state index contributed by atoms with van der Waals surface area (Å²) in [5.74, 6) is 1.01. The number of aliphatic hydroxyl groups is 1. The molecule has 1 aromatic rings. The molecule has 0 amide bonds. The first kappa shape index (κ1) is 11.8. The van der Waals surface area contributed by atoms with Crippen LogP contribution in [0.5, 0.6) is 5.75 Å². The smallest absolute Gasteiger partial charge is 0.124 e. The molecule has 18 heavy (non-hydrogen) atoms. The fraction of sp³-hybridized carbons (Fsp3) is 0.600. The molecule has 98 valence electrons. The van der Waals surface area contributed by atoms with Gasteiger partial charge in [0.05, 0.1) is 7.11 Å². The minimum absolute atomic E-state index is 0.285. The van der Waals surface area contributed by atoms with Crippen LogP contribution < -0.4 is 9.64 Å². The monoisotopic (exact) mass is 247 g/mol. The van der Waals surface area contributed by atoms with E-state index in [1.54, 1.807) is 7.11 Å². The van der Waals surface area contributed by atoms with E-state index in [9.17, 15) is 5.11 Å². The van der Waals surface area contributed by atoms with Crippen molar-refractivity contribution in [1.82, 2.24) is 0 Å². The van der Waals surface area contributed by atoms with Gasteiger partial charge in [-0.05, 0) is 44.2 Å². The van der Waals surface area contributed by atoms with E-state index in [0.717, 1.165) is 18.6 Å². The third-order valence-electron chi connectivity index (χ3n) is 4.42. The lowest BCUT2D eigenvalue weighted by atomic mass is 9.95. The summed E-state index contributed by atoms with van der Waals surface area (Å²) in [7, 11) is 1.75. The van der Waals surface area contributed by atoms with Crippen molar-refractivity contribution in [1.29, 1.82) is 0 Å². The molecule has 2 heterocycles. The van der Waals surface area contributed by atoms with Gasteiger partial charge in [0.15, 0.2) is 0 Å². The highest BCUT2D eigenvalue weighted by Crippen LogP contribution is 2.43. The molecule has 3 nitrogen and oxygen atoms in total. The van der Waals surface area contributed by atoms with Crippen molar-refractivity contribution in [3.8, 4) is 5.75 Å². The van der Waals surface area contributed by atoms with Crippen LogP contribution >= 0.6 is 0 Å². The molecule has 0 radical (unpaired) electrons. The van der Waals surface area contributed by atoms with E-state index in [4.69, 9.17) is 4.74 Å². The summed E-state index contributed by atoms with van der Waals surface area (Å²) in [6.45, 7) is 0.285. The van der Waals surface area contributed by atoms with Gasteiger partial charge in [-0.3, -0.25) is 0 Å². The molecule has 1 saturated heterocycles. The van der Waals surface area contributed by atoms with E-state index in [1.807, 2.05) is 0 Å². The van der Waals surface area contributed by atoms with E-state index in [-0.39, 0.29) is 6.61 Å². The molecule has 0 aliphatic carbocycles. The van der Waals surface area contributed by atoms with Crippen LogP contribution in [0.3, 0.4) is 0 Å². The van der Waals surface area contributed by atoms with E-state index >= 15 is 0 Å². The third kappa shape index (κ3) is 1.77. The second-order valence-corrected chi connectivity index (χ2v) is 5.30. The standard InChI is InChI=1S/C15H21NO2/c1-18-15-4-2-3-14-13(15)8-7-11-5-6-12(9-10-17)16(11)14/h2-4,11-12,17H,5-10H2,1H3/t11-,12+/m1/s1. The number of aliphatic hydroxyl groups excluding tert-OH is 1. The number of nitrogens with zero attached hydrogens (tertiary/aromatic N) is 1. The Hall–Kier alpha value is -1.22. The molecule has 2 aliphatic rings. The quantitative estimate of drug-likeness (QED) is 0.890. The van der Waals surface area contributed by atoms with Crippen LogP contribution in [-0.2, 0) is 6.42 Å². The lowest BCUT2D eigenvalue weighted by Crippen LogP contribution is -2.40. The maximum Gasteiger partial charge on any atom is 0.124 e. The lowest BCUT2D eigenvalue weighted by molar-refractivity contribution is 0.274. The predicted octanol–water partition coefficient (Wildman–Crippen LogP) is 2.36. The van der Waals surface area contributed by atoms with Crippen LogP contribution in [0.25, 0.3) is 0 Å². The van der Waals surface area contributed by atoms with Crippen molar-refractivity contribution in [2.45, 2.75) is 44.2 Å². The molecule has 1 aromatic carbocycles. The maximum atomic E-state index is 9.21. The fourth-order valence-corrected chi connectivity index (χ4v) is 3.62. The van der Waals surface area contributed by atoms with Crippen molar-refractivity contribution in [3.05, 3.63) is 23.8 Å². The molecule has 0 unspecified atom stereocenters. The normalized spacial score (nSPS) is 25.8. The summed E-state index contributed by atoms with van der Waals surface area (Å²) in [5, 5.41) is 9.21. The van der Waals surface area contributed by atoms with E-state index in [0.29, 0.717) is 12.1 Å². The largest absolute Gasteiger partial charge is 0.496 e. The first-order chi connectivity index (χ1) is 8.85. The molecular formula is C15H21NO2. The first-order valence-corrected chi connectivity index (χ1v) is 6.90. The van der Waals surface area contributed by atoms with Crippen LogP contribution in [0.1, 0.15) is 31.2 Å². The van der Waals surface area contributed by atoms with Crippen molar-refractivity contribution < 1.29 is 9.84 Å². The zero-order valence-corrected chi connectivity index (χ0v) is 10.9. The Labute approximate surface area is 108 Å². The van der Waals surface area contributed by atoms with Gasteiger partial charge in [-0.15, -0.1) is 0 Å². The Morgan fingerprint density at radius 1 is 1.33 bits per heavy atom. The van der Waals surface area contributed by atoms with Crippen molar-refractivity contribution in [2.75, 3.05) is 18.6 Å². The highest BCUT2D eigenvalue weighted by atomic mass is 16.5. The topological polar surface area (TPSA) is 32.7 Å². The molecular weight excluding hydrogens is 226 g/mol. The minimum atomic E-state index is 0.285. The number of hydrogen-bond acceptors (Lipinski definition) is 3. The molecule has 2 atom stereocenters. The summed E-state index contributed by atoms with van der Waals surface area (Å²) >= 11 is 0. The SMILES string of the molecule is COc1cccc2c1CC[C@H]1CC[C@@H](CCO)N21. The van der Waals surface area contributed by atoms with Crippen LogP contribution in [0, 0.1) is 0 Å². The van der Waals surface area contributed by atoms with Crippen LogP contribution in [0.15, 0.2) is 18.2 Å². The van der Waals surface area contributed by atoms with E-state index in [1.165, 1.54) is 30.5 Å². The van der Waals surface area contributed by atoms with Crippen molar-refractivity contribution in [2.24, 2.45) is 0 Å². The number of fused-ring (bicyclic) bond motifs is 3. The van der Waals surface area contributed by atoms with Gasteiger partial charge in [-0.1, -0.05) is 6.07 Å². The number of ether oxygens (including phenoxy) is 1. The maximum absolute atomic E-state index is 9.21. The number of benzene rings is 1. The van der Waals surface area contributed by atoms with Crippen LogP contribution in [0.4, 0.5) is 5.69 Å². The molecule has 2 aliphatic heterocycles. The predicted molar refractivity (Wildman–Crippen MR) is 72.3 cm³/mol. The summed E-state index contributed by atoms with van der Waals surface area (Å²) in [6, 6.07) is 7.51. The molecule has 3 rings (SSSR count). The van der Waals surface area contributed by atoms with Crippen LogP contribution in [0.2, 0.25) is 0 Å². The molecule has 1 fully saturated rings. The zero-order chi connectivity index (χ0) is 12.5. The summed E-state index contributed by atoms with van der Waals surface area (Å²) in [5.41, 5.74) is 2.68. The lowest BCUT2D eigenvalue weighted by Gasteiger charge is -2.38. The molecule has 0 spiro atoms. The zero-order valence-electron chi connectivity index (χ0n) is 10.9. The summed E-state index contributed by atoms with van der Waals surface area (Å²) in [4.78, 5) is 2.54. The first-order valence-electron chi connectivity index (χ1n) is 6.90. The number of rotatable bonds is 3.